The van der Waals surface area contributed by atoms with Crippen LogP contribution in [-0.2, 0) is 9.59 Å². The van der Waals surface area contributed by atoms with E-state index in [4.69, 9.17) is 23.2 Å². The molecule has 0 fully saturated rings. The molecule has 3 aliphatic rings. The molecule has 1 atom stereocenters. The minimum atomic E-state index is -0.537. The zero-order chi connectivity index (χ0) is 23.8. The predicted octanol–water partition coefficient (Wildman–Crippen LogP) is 6.09. The van der Waals surface area contributed by atoms with E-state index in [0.717, 1.165) is 42.6 Å². The van der Waals surface area contributed by atoms with Gasteiger partial charge >= 0.3 is 11.9 Å². The van der Waals surface area contributed by atoms with Crippen molar-refractivity contribution in [3.63, 3.8) is 0 Å². The van der Waals surface area contributed by atoms with Crippen LogP contribution in [0.4, 0.5) is 16.2 Å². The number of carbonyl (C=O) groups is 3. The van der Waals surface area contributed by atoms with E-state index in [2.05, 4.69) is 5.32 Å². The summed E-state index contributed by atoms with van der Waals surface area (Å²) in [6.45, 7) is -0.206. The first-order valence-corrected chi connectivity index (χ1v) is 12.7. The van der Waals surface area contributed by atoms with Gasteiger partial charge < -0.3 is 5.32 Å². The van der Waals surface area contributed by atoms with Gasteiger partial charge in [-0.15, -0.1) is 4.90 Å². The van der Waals surface area contributed by atoms with Crippen molar-refractivity contribution in [3.8, 4) is 0 Å². The zero-order valence-electron chi connectivity index (χ0n) is 18.2. The number of nitrogens with zero attached hydrogens (tertiary/aromatic N) is 2. The Bertz CT molecular complexity index is 1260. The van der Waals surface area contributed by atoms with Crippen molar-refractivity contribution in [2.24, 2.45) is 5.92 Å². The molecule has 0 aromatic heterocycles. The largest absolute Gasteiger partial charge is 0.507 e. The summed E-state index contributed by atoms with van der Waals surface area (Å²) in [5.74, 6) is -1.17. The van der Waals surface area contributed by atoms with E-state index < -0.39 is 11.9 Å². The molecule has 1 unspecified atom stereocenters. The second-order valence-electron chi connectivity index (χ2n) is 8.46. The minimum Gasteiger partial charge on any atom is -0.323 e. The van der Waals surface area contributed by atoms with Gasteiger partial charge in [-0.1, -0.05) is 47.5 Å². The monoisotopic (exact) mass is 514 g/mol. The molecular weight excluding hydrogens is 493 g/mol. The van der Waals surface area contributed by atoms with Gasteiger partial charge in [0.1, 0.15) is 5.69 Å². The van der Waals surface area contributed by atoms with Gasteiger partial charge in [0, 0.05) is 15.7 Å². The van der Waals surface area contributed by atoms with Gasteiger partial charge in [-0.05, 0) is 78.6 Å². The van der Waals surface area contributed by atoms with Gasteiger partial charge in [0.25, 0.3) is 5.91 Å². The summed E-state index contributed by atoms with van der Waals surface area (Å²) in [4.78, 5) is 42.6. The van der Waals surface area contributed by atoms with Gasteiger partial charge in [0.2, 0.25) is 0 Å². The molecule has 2 heterocycles. The highest BCUT2D eigenvalue weighted by Gasteiger charge is 2.54. The molecule has 2 aromatic carbocycles. The minimum absolute atomic E-state index is 0.206. The number of carbonyl (C=O) groups excluding carboxylic acids is 3. The normalized spacial score (nSPS) is 20.3. The molecule has 1 N–H and O–H groups in total. The maximum Gasteiger partial charge on any atom is 0.507 e. The van der Waals surface area contributed by atoms with Crippen molar-refractivity contribution in [1.82, 2.24) is 0 Å². The van der Waals surface area contributed by atoms with Crippen molar-refractivity contribution >= 4 is 69.2 Å². The highest BCUT2D eigenvalue weighted by molar-refractivity contribution is 8.17. The Morgan fingerprint density at radius 2 is 1.79 bits per heavy atom. The molecule has 0 radical (unpaired) electrons. The van der Waals surface area contributed by atoms with Gasteiger partial charge in [0.05, 0.1) is 0 Å². The van der Waals surface area contributed by atoms with Gasteiger partial charge in [-0.2, -0.15) is 9.37 Å². The summed E-state index contributed by atoms with van der Waals surface area (Å²) >= 11 is 13.6. The summed E-state index contributed by atoms with van der Waals surface area (Å²) in [5.41, 5.74) is 2.07. The Hall–Kier alpha value is -2.61. The molecule has 0 bridgehead atoms. The smallest absolute Gasteiger partial charge is 0.323 e. The lowest BCUT2D eigenvalue weighted by Crippen LogP contribution is -2.55. The van der Waals surface area contributed by atoms with Crippen molar-refractivity contribution in [1.29, 1.82) is 0 Å². The highest BCUT2D eigenvalue weighted by Crippen LogP contribution is 2.47. The number of urea groups is 1. The lowest BCUT2D eigenvalue weighted by atomic mass is 9.93. The number of fused-ring (bicyclic) bond motifs is 2. The molecule has 34 heavy (non-hydrogen) atoms. The van der Waals surface area contributed by atoms with E-state index >= 15 is 0 Å². The maximum absolute atomic E-state index is 13.7. The van der Waals surface area contributed by atoms with Crippen molar-refractivity contribution in [2.45, 2.75) is 32.1 Å². The summed E-state index contributed by atoms with van der Waals surface area (Å²) in [7, 11) is 0. The third-order valence-electron chi connectivity index (χ3n) is 6.18. The summed E-state index contributed by atoms with van der Waals surface area (Å²) in [6.07, 6.45) is 4.92. The van der Waals surface area contributed by atoms with Crippen LogP contribution in [0.15, 0.2) is 59.0 Å². The molecule has 9 heteroatoms. The molecule has 4 amide bonds. The molecule has 1 aliphatic carbocycles. The van der Waals surface area contributed by atoms with E-state index in [-0.39, 0.29) is 18.4 Å². The van der Waals surface area contributed by atoms with Crippen molar-refractivity contribution < 1.29 is 19.0 Å². The van der Waals surface area contributed by atoms with E-state index in [9.17, 15) is 14.4 Å². The Morgan fingerprint density at radius 3 is 2.56 bits per heavy atom. The van der Waals surface area contributed by atoms with Gasteiger partial charge in [-0.3, -0.25) is 4.79 Å². The number of amides is 4. The van der Waals surface area contributed by atoms with Crippen LogP contribution in [0.1, 0.15) is 32.1 Å². The number of nitrogens with one attached hydrogen (secondary N) is 1. The van der Waals surface area contributed by atoms with E-state index in [1.54, 1.807) is 48.5 Å². The van der Waals surface area contributed by atoms with Crippen LogP contribution in [0.5, 0.6) is 0 Å². The molecule has 0 spiro atoms. The van der Waals surface area contributed by atoms with Gasteiger partial charge in [-0.25, -0.2) is 4.79 Å². The number of hydrogen-bond acceptors (Lipinski definition) is 4. The Kier molecular flexibility index (Phi) is 6.51. The molecule has 6 nitrogen and oxygen atoms in total. The number of benzene rings is 2. The zero-order valence-corrected chi connectivity index (χ0v) is 20.6. The maximum atomic E-state index is 13.7. The predicted molar refractivity (Wildman–Crippen MR) is 136 cm³/mol. The number of imide groups is 1. The number of anilines is 2. The summed E-state index contributed by atoms with van der Waals surface area (Å²) in [6, 6.07) is 12.9. The second-order valence-corrected chi connectivity index (χ2v) is 10.4. The van der Waals surface area contributed by atoms with Crippen molar-refractivity contribution in [2.75, 3.05) is 16.8 Å². The number of halogens is 2. The third-order valence-corrected chi connectivity index (χ3v) is 8.05. The van der Waals surface area contributed by atoms with Crippen LogP contribution in [0, 0.1) is 5.92 Å². The molecular formula is C25H22Cl2N3O3S+. The fourth-order valence-corrected chi connectivity index (χ4v) is 6.40. The van der Waals surface area contributed by atoms with E-state index in [0.29, 0.717) is 26.5 Å². The van der Waals surface area contributed by atoms with Crippen LogP contribution in [0.2, 0.25) is 10.0 Å². The first-order chi connectivity index (χ1) is 16.4. The van der Waals surface area contributed by atoms with Crippen LogP contribution in [0.25, 0.3) is 0 Å². The average molecular weight is 515 g/mol. The summed E-state index contributed by atoms with van der Waals surface area (Å²) < 4.78 is 1.44. The molecule has 2 aliphatic heterocycles. The quantitative estimate of drug-likeness (QED) is 0.501. The topological polar surface area (TPSA) is 69.5 Å². The average Bonchev–Trinajstić information content (AvgIpc) is 3.01. The van der Waals surface area contributed by atoms with Crippen LogP contribution < -0.4 is 10.2 Å². The second kappa shape index (κ2) is 9.56. The SMILES string of the molecule is O=C(C[N+]1=C2SC3=C(CCCCC3)C2C(=O)N(c2ccc(Cl)cc2)C1=O)Nc1cccc(Cl)c1. The lowest BCUT2D eigenvalue weighted by molar-refractivity contribution is -0.414. The standard InChI is InChI=1S/C25H21Cl2N3O3S/c26-15-9-11-18(12-10-15)30-23(32)22-19-7-2-1-3-8-20(19)34-24(22)29(25(30)33)14-21(31)28-17-6-4-5-16(27)13-17/h4-6,9-13,22H,1-3,7-8,14H2/p+1. The fourth-order valence-electron chi connectivity index (χ4n) is 4.62. The first kappa shape index (κ1) is 23.1. The molecule has 174 valence electrons. The van der Waals surface area contributed by atoms with Gasteiger partial charge in [0.15, 0.2) is 17.5 Å². The number of thioether (sulfide) groups is 1. The van der Waals surface area contributed by atoms with Crippen LogP contribution >= 0.6 is 35.0 Å². The summed E-state index contributed by atoms with van der Waals surface area (Å²) in [5, 5.41) is 4.45. The highest BCUT2D eigenvalue weighted by atomic mass is 35.5. The molecule has 0 saturated carbocycles. The van der Waals surface area contributed by atoms with E-state index in [1.165, 1.54) is 21.2 Å². The van der Waals surface area contributed by atoms with Crippen LogP contribution in [-0.4, -0.2) is 34.0 Å². The number of rotatable bonds is 4. The van der Waals surface area contributed by atoms with Crippen LogP contribution in [0.3, 0.4) is 0 Å². The lowest BCUT2D eigenvalue weighted by Gasteiger charge is -2.25. The molecule has 5 rings (SSSR count). The number of allylic oxidation sites excluding steroid dienone is 1. The Balaban J connectivity index is 1.52. The first-order valence-electron chi connectivity index (χ1n) is 11.2. The molecule has 0 saturated heterocycles. The van der Waals surface area contributed by atoms with E-state index in [1.807, 2.05) is 0 Å². The third kappa shape index (κ3) is 4.40. The number of hydrogen-bond donors (Lipinski definition) is 1. The fraction of sp³-hybridized carbons (Fsp3) is 0.280. The van der Waals surface area contributed by atoms with Crippen molar-refractivity contribution in [3.05, 3.63) is 69.1 Å². The Labute approximate surface area is 211 Å². The Morgan fingerprint density at radius 1 is 1.03 bits per heavy atom. The molecule has 2 aromatic rings.